The molecule has 0 spiro atoms. The SMILES string of the molecule is CC(=NNC(=O)c1ccc([N+](=O)[O-])cc1)c1ccc(O)cc1. The van der Waals surface area contributed by atoms with E-state index in [1.54, 1.807) is 19.1 Å². The average Bonchev–Trinajstić information content (AvgIpc) is 2.53. The number of nitro benzene ring substituents is 1. The topological polar surface area (TPSA) is 105 Å². The van der Waals surface area contributed by atoms with Gasteiger partial charge < -0.3 is 5.11 Å². The zero-order valence-electron chi connectivity index (χ0n) is 11.7. The number of amides is 1. The summed E-state index contributed by atoms with van der Waals surface area (Å²) in [7, 11) is 0. The third-order valence-corrected chi connectivity index (χ3v) is 2.95. The fourth-order valence-electron chi connectivity index (χ4n) is 1.70. The maximum atomic E-state index is 11.9. The van der Waals surface area contributed by atoms with E-state index in [2.05, 4.69) is 10.5 Å². The molecule has 2 aromatic rings. The highest BCUT2D eigenvalue weighted by Gasteiger charge is 2.09. The maximum Gasteiger partial charge on any atom is 0.271 e. The second-order valence-electron chi connectivity index (χ2n) is 4.49. The number of nitro groups is 1. The van der Waals surface area contributed by atoms with Crippen LogP contribution in [0.4, 0.5) is 5.69 Å². The van der Waals surface area contributed by atoms with Crippen molar-refractivity contribution in [2.24, 2.45) is 5.10 Å². The van der Waals surface area contributed by atoms with Crippen LogP contribution in [0, 0.1) is 10.1 Å². The molecular formula is C15H13N3O4. The predicted octanol–water partition coefficient (Wildman–Crippen LogP) is 2.45. The lowest BCUT2D eigenvalue weighted by Crippen LogP contribution is -2.19. The van der Waals surface area contributed by atoms with Crippen LogP contribution in [0.1, 0.15) is 22.8 Å². The molecule has 0 aromatic heterocycles. The number of hydrogen-bond acceptors (Lipinski definition) is 5. The van der Waals surface area contributed by atoms with Crippen molar-refractivity contribution in [3.8, 4) is 5.75 Å². The molecular weight excluding hydrogens is 286 g/mol. The van der Waals surface area contributed by atoms with Crippen LogP contribution >= 0.6 is 0 Å². The third-order valence-electron chi connectivity index (χ3n) is 2.95. The maximum absolute atomic E-state index is 11.9. The molecule has 7 heteroatoms. The van der Waals surface area contributed by atoms with Gasteiger partial charge in [-0.2, -0.15) is 5.10 Å². The number of non-ortho nitro benzene ring substituents is 1. The summed E-state index contributed by atoms with van der Waals surface area (Å²) in [6.45, 7) is 1.71. The highest BCUT2D eigenvalue weighted by molar-refractivity contribution is 6.00. The molecule has 7 nitrogen and oxygen atoms in total. The molecule has 2 N–H and O–H groups in total. The number of rotatable bonds is 4. The number of carbonyl (C=O) groups is 1. The first-order chi connectivity index (χ1) is 10.5. The van der Waals surface area contributed by atoms with E-state index in [1.807, 2.05) is 0 Å². The Morgan fingerprint density at radius 1 is 1.09 bits per heavy atom. The number of benzene rings is 2. The number of hydrazone groups is 1. The Labute approximate surface area is 126 Å². The van der Waals surface area contributed by atoms with Gasteiger partial charge in [0.25, 0.3) is 11.6 Å². The number of hydrogen-bond donors (Lipinski definition) is 2. The summed E-state index contributed by atoms with van der Waals surface area (Å²) < 4.78 is 0. The molecule has 2 rings (SSSR count). The summed E-state index contributed by atoms with van der Waals surface area (Å²) in [5.41, 5.74) is 3.88. The standard InChI is InChI=1S/C15H13N3O4/c1-10(11-4-8-14(19)9-5-11)16-17-15(20)12-2-6-13(7-3-12)18(21)22/h2-9,19H,1H3,(H,17,20). The Morgan fingerprint density at radius 3 is 2.18 bits per heavy atom. The van der Waals surface area contributed by atoms with Gasteiger partial charge in [0, 0.05) is 17.7 Å². The minimum absolute atomic E-state index is 0.0830. The molecule has 0 aliphatic rings. The van der Waals surface area contributed by atoms with E-state index in [0.717, 1.165) is 5.56 Å². The summed E-state index contributed by atoms with van der Waals surface area (Å²) in [5.74, 6) is -0.320. The molecule has 22 heavy (non-hydrogen) atoms. The normalized spacial score (nSPS) is 11.0. The first-order valence-electron chi connectivity index (χ1n) is 6.36. The van der Waals surface area contributed by atoms with Gasteiger partial charge in [0.1, 0.15) is 5.75 Å². The summed E-state index contributed by atoms with van der Waals surface area (Å²) in [4.78, 5) is 21.9. The van der Waals surface area contributed by atoms with Gasteiger partial charge in [0.05, 0.1) is 10.6 Å². The molecule has 0 aliphatic carbocycles. The minimum atomic E-state index is -0.533. The summed E-state index contributed by atoms with van der Waals surface area (Å²) >= 11 is 0. The second kappa shape index (κ2) is 6.49. The van der Waals surface area contributed by atoms with Crippen molar-refractivity contribution in [3.63, 3.8) is 0 Å². The molecule has 0 saturated carbocycles. The van der Waals surface area contributed by atoms with Crippen LogP contribution in [0.3, 0.4) is 0 Å². The Bertz CT molecular complexity index is 721. The van der Waals surface area contributed by atoms with Gasteiger partial charge in [-0.05, 0) is 48.9 Å². The van der Waals surface area contributed by atoms with Crippen LogP contribution in [0.2, 0.25) is 0 Å². The number of phenols is 1. The van der Waals surface area contributed by atoms with E-state index in [0.29, 0.717) is 5.71 Å². The van der Waals surface area contributed by atoms with Crippen LogP contribution in [0.15, 0.2) is 53.6 Å². The van der Waals surface area contributed by atoms with Gasteiger partial charge in [0.2, 0.25) is 0 Å². The van der Waals surface area contributed by atoms with E-state index in [9.17, 15) is 20.0 Å². The number of aromatic hydroxyl groups is 1. The summed E-state index contributed by atoms with van der Waals surface area (Å²) in [6.07, 6.45) is 0. The van der Waals surface area contributed by atoms with Gasteiger partial charge in [0.15, 0.2) is 0 Å². The van der Waals surface area contributed by atoms with Crippen LogP contribution in [-0.2, 0) is 0 Å². The van der Waals surface area contributed by atoms with Crippen molar-refractivity contribution < 1.29 is 14.8 Å². The lowest BCUT2D eigenvalue weighted by molar-refractivity contribution is -0.384. The molecule has 112 valence electrons. The van der Waals surface area contributed by atoms with Crippen LogP contribution in [-0.4, -0.2) is 21.6 Å². The molecule has 0 aliphatic heterocycles. The third kappa shape index (κ3) is 3.66. The minimum Gasteiger partial charge on any atom is -0.508 e. The van der Waals surface area contributed by atoms with Crippen molar-refractivity contribution in [2.45, 2.75) is 6.92 Å². The van der Waals surface area contributed by atoms with Gasteiger partial charge in [-0.1, -0.05) is 0 Å². The molecule has 0 bridgehead atoms. The quantitative estimate of drug-likeness (QED) is 0.514. The molecule has 0 saturated heterocycles. The number of phenolic OH excluding ortho intramolecular Hbond substituents is 1. The van der Waals surface area contributed by atoms with E-state index >= 15 is 0 Å². The highest BCUT2D eigenvalue weighted by atomic mass is 16.6. The van der Waals surface area contributed by atoms with E-state index in [-0.39, 0.29) is 17.0 Å². The fraction of sp³-hybridized carbons (Fsp3) is 0.0667. The number of carbonyl (C=O) groups excluding carboxylic acids is 1. The molecule has 0 radical (unpaired) electrons. The zero-order valence-corrected chi connectivity index (χ0v) is 11.7. The Morgan fingerprint density at radius 2 is 1.64 bits per heavy atom. The highest BCUT2D eigenvalue weighted by Crippen LogP contribution is 2.12. The zero-order chi connectivity index (χ0) is 16.1. The number of nitrogens with one attached hydrogen (secondary N) is 1. The van der Waals surface area contributed by atoms with Gasteiger partial charge >= 0.3 is 0 Å². The van der Waals surface area contributed by atoms with Crippen molar-refractivity contribution in [2.75, 3.05) is 0 Å². The van der Waals surface area contributed by atoms with Crippen molar-refractivity contribution in [1.82, 2.24) is 5.43 Å². The van der Waals surface area contributed by atoms with E-state index < -0.39 is 10.8 Å². The van der Waals surface area contributed by atoms with Crippen LogP contribution < -0.4 is 5.43 Å². The molecule has 2 aromatic carbocycles. The Balaban J connectivity index is 2.06. The first kappa shape index (κ1) is 15.2. The summed E-state index contributed by atoms with van der Waals surface area (Å²) in [6, 6.07) is 11.6. The Hall–Kier alpha value is -3.22. The monoisotopic (exact) mass is 299 g/mol. The largest absolute Gasteiger partial charge is 0.508 e. The Kier molecular flexibility index (Phi) is 4.47. The van der Waals surface area contributed by atoms with Crippen LogP contribution in [0.25, 0.3) is 0 Å². The lowest BCUT2D eigenvalue weighted by atomic mass is 10.1. The van der Waals surface area contributed by atoms with Crippen molar-refractivity contribution in [1.29, 1.82) is 0 Å². The van der Waals surface area contributed by atoms with E-state index in [1.165, 1.54) is 36.4 Å². The van der Waals surface area contributed by atoms with Crippen LogP contribution in [0.5, 0.6) is 5.75 Å². The molecule has 0 fully saturated rings. The average molecular weight is 299 g/mol. The van der Waals surface area contributed by atoms with Crippen molar-refractivity contribution >= 4 is 17.3 Å². The smallest absolute Gasteiger partial charge is 0.271 e. The fourth-order valence-corrected chi connectivity index (χ4v) is 1.70. The number of nitrogens with zero attached hydrogens (tertiary/aromatic N) is 2. The van der Waals surface area contributed by atoms with Gasteiger partial charge in [-0.3, -0.25) is 14.9 Å². The molecule has 0 heterocycles. The molecule has 1 amide bonds. The summed E-state index contributed by atoms with van der Waals surface area (Å²) in [5, 5.41) is 23.7. The van der Waals surface area contributed by atoms with E-state index in [4.69, 9.17) is 0 Å². The second-order valence-corrected chi connectivity index (χ2v) is 4.49. The molecule has 0 atom stereocenters. The van der Waals surface area contributed by atoms with Crippen molar-refractivity contribution in [3.05, 3.63) is 69.8 Å². The lowest BCUT2D eigenvalue weighted by Gasteiger charge is -2.03. The first-order valence-corrected chi connectivity index (χ1v) is 6.36. The molecule has 0 unspecified atom stereocenters. The predicted molar refractivity (Wildman–Crippen MR) is 80.9 cm³/mol. The van der Waals surface area contributed by atoms with Gasteiger partial charge in [-0.15, -0.1) is 0 Å². The van der Waals surface area contributed by atoms with Gasteiger partial charge in [-0.25, -0.2) is 5.43 Å².